The zero-order valence-electron chi connectivity index (χ0n) is 11.3. The highest BCUT2D eigenvalue weighted by atomic mass is 79.9. The molecule has 19 heavy (non-hydrogen) atoms. The van der Waals surface area contributed by atoms with Gasteiger partial charge in [0.25, 0.3) is 0 Å². The first-order valence-corrected chi connectivity index (χ1v) is 7.94. The molecule has 1 unspecified atom stereocenters. The molecule has 0 bridgehead atoms. The molecule has 2 nitrogen and oxygen atoms in total. The summed E-state index contributed by atoms with van der Waals surface area (Å²) in [6, 6.07) is 4.61. The number of nitrogens with zero attached hydrogens (tertiary/aromatic N) is 1. The number of aliphatic imine (C=N–C) groups is 1. The number of rotatable bonds is 2. The van der Waals surface area contributed by atoms with Crippen molar-refractivity contribution in [1.82, 2.24) is 0 Å². The molecule has 1 atom stereocenters. The maximum absolute atomic E-state index is 13.2. The van der Waals surface area contributed by atoms with E-state index in [0.717, 1.165) is 28.3 Å². The Kier molecular flexibility index (Phi) is 4.56. The predicted octanol–water partition coefficient (Wildman–Crippen LogP) is 4.91. The van der Waals surface area contributed by atoms with Crippen molar-refractivity contribution in [2.75, 3.05) is 11.9 Å². The van der Waals surface area contributed by atoms with Crippen molar-refractivity contribution in [1.29, 1.82) is 0 Å². The Bertz CT molecular complexity index is 497. The Morgan fingerprint density at radius 2 is 2.21 bits per heavy atom. The minimum absolute atomic E-state index is 0.250. The van der Waals surface area contributed by atoms with Crippen molar-refractivity contribution in [3.63, 3.8) is 0 Å². The molecular weight excluding hydrogens is 327 g/mol. The van der Waals surface area contributed by atoms with E-state index in [-0.39, 0.29) is 5.82 Å². The first-order valence-electron chi connectivity index (χ1n) is 6.27. The van der Waals surface area contributed by atoms with E-state index in [1.165, 1.54) is 12.1 Å². The summed E-state index contributed by atoms with van der Waals surface area (Å²) >= 11 is 5.15. The van der Waals surface area contributed by atoms with Gasteiger partial charge >= 0.3 is 0 Å². The number of hydrogen-bond donors (Lipinski definition) is 1. The van der Waals surface area contributed by atoms with Crippen LogP contribution in [0.15, 0.2) is 27.7 Å². The zero-order valence-corrected chi connectivity index (χ0v) is 13.7. The summed E-state index contributed by atoms with van der Waals surface area (Å²) in [5.74, 6) is -0.250. The summed E-state index contributed by atoms with van der Waals surface area (Å²) in [7, 11) is 0. The minimum Gasteiger partial charge on any atom is -0.334 e. The van der Waals surface area contributed by atoms with Gasteiger partial charge in [-0.2, -0.15) is 0 Å². The molecular formula is C14H18BrFN2S. The quantitative estimate of drug-likeness (QED) is 0.824. The van der Waals surface area contributed by atoms with Gasteiger partial charge in [0.2, 0.25) is 0 Å². The number of anilines is 1. The first kappa shape index (κ1) is 14.9. The fourth-order valence-corrected chi connectivity index (χ4v) is 3.70. The van der Waals surface area contributed by atoms with E-state index in [1.54, 1.807) is 17.8 Å². The van der Waals surface area contributed by atoms with E-state index in [2.05, 4.69) is 47.0 Å². The molecule has 2 rings (SSSR count). The monoisotopic (exact) mass is 344 g/mol. The molecule has 5 heteroatoms. The summed E-state index contributed by atoms with van der Waals surface area (Å²) in [5, 5.41) is 4.58. The van der Waals surface area contributed by atoms with Gasteiger partial charge in [-0.25, -0.2) is 4.39 Å². The molecule has 0 saturated carbocycles. The van der Waals surface area contributed by atoms with Crippen LogP contribution in [0.25, 0.3) is 0 Å². The van der Waals surface area contributed by atoms with Gasteiger partial charge in [-0.1, -0.05) is 32.5 Å². The topological polar surface area (TPSA) is 24.4 Å². The summed E-state index contributed by atoms with van der Waals surface area (Å²) in [4.78, 5) is 4.49. The normalized spacial score (nSPS) is 19.4. The van der Waals surface area contributed by atoms with Gasteiger partial charge in [-0.3, -0.25) is 4.99 Å². The van der Waals surface area contributed by atoms with Crippen molar-refractivity contribution in [3.05, 3.63) is 28.5 Å². The first-order chi connectivity index (χ1) is 8.83. The third-order valence-electron chi connectivity index (χ3n) is 2.73. The molecule has 0 radical (unpaired) electrons. The summed E-state index contributed by atoms with van der Waals surface area (Å²) in [5.41, 5.74) is 1.03. The van der Waals surface area contributed by atoms with Crippen LogP contribution in [0.5, 0.6) is 0 Å². The Morgan fingerprint density at radius 1 is 1.47 bits per heavy atom. The molecule has 0 spiro atoms. The Hall–Kier alpha value is -0.550. The van der Waals surface area contributed by atoms with Crippen molar-refractivity contribution in [2.24, 2.45) is 10.4 Å². The van der Waals surface area contributed by atoms with Crippen molar-refractivity contribution >= 4 is 38.5 Å². The lowest BCUT2D eigenvalue weighted by Gasteiger charge is -2.21. The SMILES string of the molecule is CC(C)(C)CC1CN=C(Nc2cc(F)ccc2Br)S1. The van der Waals surface area contributed by atoms with E-state index in [4.69, 9.17) is 0 Å². The van der Waals surface area contributed by atoms with Gasteiger partial charge in [-0.15, -0.1) is 0 Å². The van der Waals surface area contributed by atoms with Gasteiger partial charge in [0, 0.05) is 9.72 Å². The zero-order chi connectivity index (χ0) is 14.0. The molecule has 0 saturated heterocycles. The van der Waals surface area contributed by atoms with Crippen LogP contribution in [0.1, 0.15) is 27.2 Å². The Morgan fingerprint density at radius 3 is 2.89 bits per heavy atom. The summed E-state index contributed by atoms with van der Waals surface area (Å²) < 4.78 is 14.1. The maximum Gasteiger partial charge on any atom is 0.161 e. The molecule has 1 aromatic rings. The maximum atomic E-state index is 13.2. The lowest BCUT2D eigenvalue weighted by Crippen LogP contribution is -2.16. The summed E-state index contributed by atoms with van der Waals surface area (Å²) in [6.45, 7) is 7.55. The highest BCUT2D eigenvalue weighted by Gasteiger charge is 2.25. The molecule has 0 aromatic heterocycles. The van der Waals surface area contributed by atoms with E-state index >= 15 is 0 Å². The molecule has 1 aliphatic heterocycles. The molecule has 1 aliphatic rings. The van der Waals surface area contributed by atoms with Crippen LogP contribution in [0, 0.1) is 11.2 Å². The molecule has 104 valence electrons. The average Bonchev–Trinajstić information content (AvgIpc) is 2.68. The van der Waals surface area contributed by atoms with E-state index < -0.39 is 0 Å². The standard InChI is InChI=1S/C14H18BrFN2S/c1-14(2,3)7-10-8-17-13(19-10)18-12-6-9(16)4-5-11(12)15/h4-6,10H,7-8H2,1-3H3,(H,17,18). The number of amidine groups is 1. The molecule has 1 aromatic carbocycles. The second-order valence-corrected chi connectivity index (χ2v) is 8.04. The number of benzene rings is 1. The van der Waals surface area contributed by atoms with Crippen molar-refractivity contribution < 1.29 is 4.39 Å². The van der Waals surface area contributed by atoms with Crippen LogP contribution in [-0.2, 0) is 0 Å². The van der Waals surface area contributed by atoms with Crippen molar-refractivity contribution in [3.8, 4) is 0 Å². The second kappa shape index (κ2) is 5.83. The van der Waals surface area contributed by atoms with Gasteiger partial charge in [0.15, 0.2) is 5.17 Å². The van der Waals surface area contributed by atoms with E-state index in [9.17, 15) is 4.39 Å². The van der Waals surface area contributed by atoms with Crippen LogP contribution < -0.4 is 5.32 Å². The van der Waals surface area contributed by atoms with Gasteiger partial charge in [-0.05, 0) is 46.0 Å². The van der Waals surface area contributed by atoms with Crippen molar-refractivity contribution in [2.45, 2.75) is 32.4 Å². The molecule has 1 heterocycles. The number of halogens is 2. The minimum atomic E-state index is -0.250. The smallest absolute Gasteiger partial charge is 0.161 e. The van der Waals surface area contributed by atoms with Crippen LogP contribution >= 0.6 is 27.7 Å². The number of hydrogen-bond acceptors (Lipinski definition) is 3. The number of nitrogens with one attached hydrogen (secondary N) is 1. The molecule has 0 amide bonds. The van der Waals surface area contributed by atoms with Gasteiger partial charge < -0.3 is 5.32 Å². The summed E-state index contributed by atoms with van der Waals surface area (Å²) in [6.07, 6.45) is 1.12. The Labute approximate surface area is 126 Å². The van der Waals surface area contributed by atoms with Gasteiger partial charge in [0.05, 0.1) is 12.2 Å². The lowest BCUT2D eigenvalue weighted by atomic mass is 9.90. The van der Waals surface area contributed by atoms with Crippen LogP contribution in [0.3, 0.4) is 0 Å². The van der Waals surface area contributed by atoms with Crippen LogP contribution in [0.2, 0.25) is 0 Å². The molecule has 0 fully saturated rings. The third-order valence-corrected chi connectivity index (χ3v) is 4.52. The molecule has 1 N–H and O–H groups in total. The number of thioether (sulfide) groups is 1. The van der Waals surface area contributed by atoms with E-state index in [0.29, 0.717) is 10.7 Å². The highest BCUT2D eigenvalue weighted by molar-refractivity contribution is 9.10. The average molecular weight is 345 g/mol. The highest BCUT2D eigenvalue weighted by Crippen LogP contribution is 2.33. The fraction of sp³-hybridized carbons (Fsp3) is 0.500. The largest absolute Gasteiger partial charge is 0.334 e. The predicted molar refractivity (Wildman–Crippen MR) is 85.5 cm³/mol. The third kappa shape index (κ3) is 4.49. The molecule has 0 aliphatic carbocycles. The van der Waals surface area contributed by atoms with Gasteiger partial charge in [0.1, 0.15) is 5.82 Å². The Balaban J connectivity index is 1.97. The fourth-order valence-electron chi connectivity index (χ4n) is 1.98. The van der Waals surface area contributed by atoms with Crippen LogP contribution in [0.4, 0.5) is 10.1 Å². The second-order valence-electron chi connectivity index (χ2n) is 5.90. The van der Waals surface area contributed by atoms with E-state index in [1.807, 2.05) is 0 Å². The van der Waals surface area contributed by atoms with Crippen LogP contribution in [-0.4, -0.2) is 17.0 Å². The lowest BCUT2D eigenvalue weighted by molar-refractivity contribution is 0.375.